The zero-order valence-electron chi connectivity index (χ0n) is 11.3. The average Bonchev–Trinajstić information content (AvgIpc) is 2.49. The second-order valence-corrected chi connectivity index (χ2v) is 3.99. The zero-order chi connectivity index (χ0) is 16.8. The van der Waals surface area contributed by atoms with Crippen LogP contribution in [0.15, 0.2) is 30.3 Å². The van der Waals surface area contributed by atoms with Crippen molar-refractivity contribution in [3.8, 4) is 0 Å². The Morgan fingerprint density at radius 2 is 1.77 bits per heavy atom. The monoisotopic (exact) mass is 319 g/mol. The summed E-state index contributed by atoms with van der Waals surface area (Å²) in [5.74, 6) is -4.38. The van der Waals surface area contributed by atoms with E-state index in [2.05, 4.69) is 9.47 Å². The van der Waals surface area contributed by atoms with Gasteiger partial charge >= 0.3 is 18.1 Å². The van der Waals surface area contributed by atoms with E-state index in [1.54, 1.807) is 6.07 Å². The van der Waals surface area contributed by atoms with Crippen molar-refractivity contribution in [2.24, 2.45) is 0 Å². The van der Waals surface area contributed by atoms with Crippen molar-refractivity contribution in [1.82, 2.24) is 5.32 Å². The first-order chi connectivity index (χ1) is 10.3. The van der Waals surface area contributed by atoms with E-state index >= 15 is 0 Å². The van der Waals surface area contributed by atoms with Gasteiger partial charge in [0.15, 0.2) is 0 Å². The Morgan fingerprint density at radius 3 is 2.27 bits per heavy atom. The number of benzene rings is 1. The standard InChI is InChI=1S/C13H12F3NO5/c1-21-9(18)7-17-11(19)10(8-5-3-2-4-6-8)22-12(20)13(14,15)16/h2-6,10H,7H2,1H3,(H,17,19)/t10-/m1/s1. The fraction of sp³-hybridized carbons (Fsp3) is 0.308. The maximum Gasteiger partial charge on any atom is 0.490 e. The second kappa shape index (κ2) is 7.43. The lowest BCUT2D eigenvalue weighted by Gasteiger charge is -2.18. The molecule has 6 nitrogen and oxygen atoms in total. The van der Waals surface area contributed by atoms with Crippen molar-refractivity contribution in [2.45, 2.75) is 12.3 Å². The highest BCUT2D eigenvalue weighted by molar-refractivity contribution is 5.88. The van der Waals surface area contributed by atoms with Gasteiger partial charge in [-0.25, -0.2) is 4.79 Å². The third-order valence-corrected chi connectivity index (χ3v) is 2.43. The largest absolute Gasteiger partial charge is 0.490 e. The maximum atomic E-state index is 12.3. The number of hydrogen-bond donors (Lipinski definition) is 1. The minimum absolute atomic E-state index is 0.0301. The van der Waals surface area contributed by atoms with Crippen LogP contribution in [0, 0.1) is 0 Å². The summed E-state index contributed by atoms with van der Waals surface area (Å²) in [7, 11) is 1.08. The van der Waals surface area contributed by atoms with Crippen LogP contribution in [0.2, 0.25) is 0 Å². The number of amides is 1. The molecule has 0 radical (unpaired) electrons. The van der Waals surface area contributed by atoms with Gasteiger partial charge in [0.25, 0.3) is 5.91 Å². The first-order valence-electron chi connectivity index (χ1n) is 5.93. The number of esters is 2. The van der Waals surface area contributed by atoms with Crippen molar-refractivity contribution in [2.75, 3.05) is 13.7 Å². The highest BCUT2D eigenvalue weighted by Gasteiger charge is 2.43. The van der Waals surface area contributed by atoms with Crippen LogP contribution >= 0.6 is 0 Å². The molecule has 0 aliphatic heterocycles. The zero-order valence-corrected chi connectivity index (χ0v) is 11.3. The molecule has 1 rings (SSSR count). The second-order valence-electron chi connectivity index (χ2n) is 3.99. The summed E-state index contributed by atoms with van der Waals surface area (Å²) in [6, 6.07) is 7.10. The number of carbonyl (C=O) groups is 3. The van der Waals surface area contributed by atoms with E-state index in [4.69, 9.17) is 0 Å². The van der Waals surface area contributed by atoms with Gasteiger partial charge in [-0.15, -0.1) is 0 Å². The smallest absolute Gasteiger partial charge is 0.468 e. The normalized spacial score (nSPS) is 12.2. The van der Waals surface area contributed by atoms with Gasteiger partial charge in [-0.3, -0.25) is 9.59 Å². The Labute approximate surface area is 123 Å². The minimum atomic E-state index is -5.24. The number of ether oxygens (including phenoxy) is 2. The Kier molecular flexibility index (Phi) is 5.90. The molecule has 1 N–H and O–H groups in total. The lowest BCUT2D eigenvalue weighted by atomic mass is 10.1. The topological polar surface area (TPSA) is 81.7 Å². The molecule has 0 saturated carbocycles. The fourth-order valence-corrected chi connectivity index (χ4v) is 1.40. The van der Waals surface area contributed by atoms with E-state index in [1.807, 2.05) is 5.32 Å². The molecule has 0 spiro atoms. The molecular formula is C13H12F3NO5. The van der Waals surface area contributed by atoms with E-state index < -0.39 is 36.7 Å². The summed E-state index contributed by atoms with van der Waals surface area (Å²) in [5, 5.41) is 2.03. The highest BCUT2D eigenvalue weighted by atomic mass is 19.4. The number of nitrogens with one attached hydrogen (secondary N) is 1. The number of hydrogen-bond acceptors (Lipinski definition) is 5. The number of carbonyl (C=O) groups excluding carboxylic acids is 3. The van der Waals surface area contributed by atoms with Crippen LogP contribution in [0.3, 0.4) is 0 Å². The molecule has 9 heteroatoms. The molecular weight excluding hydrogens is 307 g/mol. The van der Waals surface area contributed by atoms with E-state index in [0.717, 1.165) is 7.11 Å². The summed E-state index contributed by atoms with van der Waals surface area (Å²) >= 11 is 0. The summed E-state index contributed by atoms with van der Waals surface area (Å²) < 4.78 is 45.3. The van der Waals surface area contributed by atoms with Crippen LogP contribution < -0.4 is 5.32 Å². The van der Waals surface area contributed by atoms with Gasteiger partial charge < -0.3 is 14.8 Å². The van der Waals surface area contributed by atoms with E-state index in [0.29, 0.717) is 0 Å². The van der Waals surface area contributed by atoms with Gasteiger partial charge in [-0.1, -0.05) is 30.3 Å². The molecule has 0 heterocycles. The van der Waals surface area contributed by atoms with Gasteiger partial charge in [0.1, 0.15) is 6.54 Å². The number of methoxy groups -OCH3 is 1. The van der Waals surface area contributed by atoms with Crippen LogP contribution in [0.5, 0.6) is 0 Å². The van der Waals surface area contributed by atoms with Gasteiger partial charge in [-0.05, 0) is 0 Å². The molecule has 1 amide bonds. The molecule has 22 heavy (non-hydrogen) atoms. The van der Waals surface area contributed by atoms with Crippen LogP contribution in [0.25, 0.3) is 0 Å². The third kappa shape index (κ3) is 5.08. The van der Waals surface area contributed by atoms with Gasteiger partial charge in [0, 0.05) is 5.56 Å². The molecule has 0 aromatic heterocycles. The van der Waals surface area contributed by atoms with Crippen LogP contribution in [-0.2, 0) is 23.9 Å². The SMILES string of the molecule is COC(=O)CNC(=O)[C@H](OC(=O)C(F)(F)F)c1ccccc1. The van der Waals surface area contributed by atoms with Crippen molar-refractivity contribution >= 4 is 17.8 Å². The number of alkyl halides is 3. The van der Waals surface area contributed by atoms with E-state index in [1.165, 1.54) is 24.3 Å². The Bertz CT molecular complexity index is 544. The lowest BCUT2D eigenvalue weighted by molar-refractivity contribution is -0.205. The predicted octanol–water partition coefficient (Wildman–Crippen LogP) is 1.12. The lowest BCUT2D eigenvalue weighted by Crippen LogP contribution is -2.38. The average molecular weight is 319 g/mol. The fourth-order valence-electron chi connectivity index (χ4n) is 1.40. The maximum absolute atomic E-state index is 12.3. The molecule has 0 aliphatic carbocycles. The van der Waals surface area contributed by atoms with Gasteiger partial charge in [-0.2, -0.15) is 13.2 Å². The highest BCUT2D eigenvalue weighted by Crippen LogP contribution is 2.24. The molecule has 0 aliphatic rings. The van der Waals surface area contributed by atoms with Crippen molar-refractivity contribution in [3.63, 3.8) is 0 Å². The Hall–Kier alpha value is -2.58. The molecule has 0 unspecified atom stereocenters. The Morgan fingerprint density at radius 1 is 1.18 bits per heavy atom. The van der Waals surface area contributed by atoms with Gasteiger partial charge in [0.05, 0.1) is 7.11 Å². The van der Waals surface area contributed by atoms with Crippen molar-refractivity contribution in [3.05, 3.63) is 35.9 Å². The van der Waals surface area contributed by atoms with E-state index in [9.17, 15) is 27.6 Å². The summed E-state index contributed by atoms with van der Waals surface area (Å²) in [4.78, 5) is 33.7. The van der Waals surface area contributed by atoms with Gasteiger partial charge in [0.2, 0.25) is 6.10 Å². The van der Waals surface area contributed by atoms with Crippen molar-refractivity contribution in [1.29, 1.82) is 0 Å². The van der Waals surface area contributed by atoms with E-state index in [-0.39, 0.29) is 5.56 Å². The molecule has 1 atom stereocenters. The summed E-state index contributed by atoms with van der Waals surface area (Å²) in [5.41, 5.74) is 0.0301. The van der Waals surface area contributed by atoms with Crippen LogP contribution in [0.1, 0.15) is 11.7 Å². The van der Waals surface area contributed by atoms with Crippen LogP contribution in [-0.4, -0.2) is 37.7 Å². The first kappa shape index (κ1) is 17.5. The Balaban J connectivity index is 2.90. The molecule has 0 bridgehead atoms. The molecule has 0 saturated heterocycles. The number of rotatable bonds is 5. The minimum Gasteiger partial charge on any atom is -0.468 e. The molecule has 1 aromatic rings. The molecule has 1 aromatic carbocycles. The van der Waals surface area contributed by atoms with Crippen LogP contribution in [0.4, 0.5) is 13.2 Å². The summed E-state index contributed by atoms with van der Waals surface area (Å²) in [6.45, 7) is -0.567. The number of halogens is 3. The third-order valence-electron chi connectivity index (χ3n) is 2.43. The predicted molar refractivity (Wildman–Crippen MR) is 66.4 cm³/mol. The van der Waals surface area contributed by atoms with Crippen molar-refractivity contribution < 1.29 is 37.0 Å². The quantitative estimate of drug-likeness (QED) is 0.823. The summed E-state index contributed by atoms with van der Waals surface area (Å²) in [6.07, 6.45) is -7.07. The molecule has 0 fully saturated rings. The molecule has 120 valence electrons. The first-order valence-corrected chi connectivity index (χ1v) is 5.93.